The highest BCUT2D eigenvalue weighted by Crippen LogP contribution is 2.46. The molecule has 0 saturated carbocycles. The van der Waals surface area contributed by atoms with Crippen LogP contribution in [0.4, 0.5) is 17.1 Å². The number of nitrogens with zero attached hydrogens (tertiary/aromatic N) is 2. The van der Waals surface area contributed by atoms with Crippen molar-refractivity contribution < 1.29 is 0 Å². The molecule has 0 aliphatic carbocycles. The molecule has 2 nitrogen and oxygen atoms in total. The van der Waals surface area contributed by atoms with Crippen molar-refractivity contribution >= 4 is 49.6 Å². The van der Waals surface area contributed by atoms with Gasteiger partial charge in [0.2, 0.25) is 0 Å². The molecule has 0 amide bonds. The standard InChI is InChI=1S/C58H40N2/c1-3-18-41(19-4-1)48-26-9-10-30-54(48)58-50(43-20-5-2-6-21-43)31-17-32-51(58)44-36-38-45(39-37-44)59(55-35-15-23-42-22-7-8-27-49(42)55)46-24-16-25-47(40-46)60-56-33-13-11-28-52(56)53-29-12-14-34-57(53)60/h1-40H. The zero-order chi connectivity index (χ0) is 39.8. The molecule has 0 radical (unpaired) electrons. The van der Waals surface area contributed by atoms with Crippen molar-refractivity contribution in [2.24, 2.45) is 0 Å². The van der Waals surface area contributed by atoms with E-state index in [2.05, 4.69) is 252 Å². The molecular weight excluding hydrogens is 725 g/mol. The molecule has 11 aromatic rings. The smallest absolute Gasteiger partial charge is 0.0541 e. The Hall–Kier alpha value is -7.94. The molecule has 0 spiro atoms. The lowest BCUT2D eigenvalue weighted by Gasteiger charge is -2.28. The molecule has 0 atom stereocenters. The van der Waals surface area contributed by atoms with Gasteiger partial charge in [-0.15, -0.1) is 0 Å². The third kappa shape index (κ3) is 6.14. The van der Waals surface area contributed by atoms with Gasteiger partial charge in [0, 0.05) is 33.2 Å². The van der Waals surface area contributed by atoms with Crippen molar-refractivity contribution in [3.63, 3.8) is 0 Å². The molecule has 10 aromatic carbocycles. The SMILES string of the molecule is c1ccc(-c2ccccc2-c2c(-c3ccccc3)cccc2-c2ccc(N(c3cccc(-n4c5ccccc5c5ccccc54)c3)c3cccc4ccccc34)cc2)cc1. The van der Waals surface area contributed by atoms with Gasteiger partial charge in [-0.1, -0.05) is 194 Å². The molecule has 60 heavy (non-hydrogen) atoms. The van der Waals surface area contributed by atoms with Gasteiger partial charge in [0.05, 0.1) is 16.7 Å². The Kier molecular flexibility index (Phi) is 8.87. The van der Waals surface area contributed by atoms with Gasteiger partial charge in [0.25, 0.3) is 0 Å². The Labute approximate surface area is 350 Å². The van der Waals surface area contributed by atoms with E-state index in [0.29, 0.717) is 0 Å². The fraction of sp³-hybridized carbons (Fsp3) is 0. The maximum atomic E-state index is 2.41. The highest BCUT2D eigenvalue weighted by molar-refractivity contribution is 6.09. The Morgan fingerprint density at radius 3 is 1.47 bits per heavy atom. The van der Waals surface area contributed by atoms with Crippen molar-refractivity contribution in [2.45, 2.75) is 0 Å². The fourth-order valence-electron chi connectivity index (χ4n) is 9.10. The van der Waals surface area contributed by atoms with E-state index in [-0.39, 0.29) is 0 Å². The van der Waals surface area contributed by atoms with Gasteiger partial charge >= 0.3 is 0 Å². The number of para-hydroxylation sites is 2. The van der Waals surface area contributed by atoms with E-state index in [4.69, 9.17) is 0 Å². The average molecular weight is 765 g/mol. The topological polar surface area (TPSA) is 8.17 Å². The van der Waals surface area contributed by atoms with Crippen LogP contribution >= 0.6 is 0 Å². The number of anilines is 3. The maximum Gasteiger partial charge on any atom is 0.0541 e. The fourth-order valence-corrected chi connectivity index (χ4v) is 9.10. The van der Waals surface area contributed by atoms with E-state index in [1.54, 1.807) is 0 Å². The van der Waals surface area contributed by atoms with Gasteiger partial charge in [-0.3, -0.25) is 0 Å². The molecular formula is C58H40N2. The van der Waals surface area contributed by atoms with Crippen LogP contribution in [0.5, 0.6) is 0 Å². The summed E-state index contributed by atoms with van der Waals surface area (Å²) < 4.78 is 2.40. The lowest BCUT2D eigenvalue weighted by Crippen LogP contribution is -2.11. The highest BCUT2D eigenvalue weighted by atomic mass is 15.1. The van der Waals surface area contributed by atoms with Crippen LogP contribution in [0.15, 0.2) is 243 Å². The van der Waals surface area contributed by atoms with E-state index in [1.165, 1.54) is 71.5 Å². The van der Waals surface area contributed by atoms with Crippen LogP contribution in [0.25, 0.3) is 82.8 Å². The van der Waals surface area contributed by atoms with Crippen molar-refractivity contribution in [3.8, 4) is 50.2 Å². The van der Waals surface area contributed by atoms with Gasteiger partial charge in [-0.05, 0) is 98.4 Å². The molecule has 1 aromatic heterocycles. The lowest BCUT2D eigenvalue weighted by atomic mass is 9.84. The first-order valence-electron chi connectivity index (χ1n) is 20.6. The summed E-state index contributed by atoms with van der Waals surface area (Å²) >= 11 is 0. The first-order valence-corrected chi connectivity index (χ1v) is 20.6. The first kappa shape index (κ1) is 35.2. The summed E-state index contributed by atoms with van der Waals surface area (Å²) in [5.74, 6) is 0. The summed E-state index contributed by atoms with van der Waals surface area (Å²) in [6.07, 6.45) is 0. The quantitative estimate of drug-likeness (QED) is 0.150. The summed E-state index contributed by atoms with van der Waals surface area (Å²) in [7, 11) is 0. The first-order chi connectivity index (χ1) is 29.8. The van der Waals surface area contributed by atoms with Gasteiger partial charge < -0.3 is 9.47 Å². The predicted octanol–water partition coefficient (Wildman–Crippen LogP) is 16.1. The van der Waals surface area contributed by atoms with Crippen molar-refractivity contribution in [1.82, 2.24) is 4.57 Å². The van der Waals surface area contributed by atoms with Crippen molar-refractivity contribution in [3.05, 3.63) is 243 Å². The Morgan fingerprint density at radius 2 is 0.783 bits per heavy atom. The second kappa shape index (κ2) is 15.1. The number of fused-ring (bicyclic) bond motifs is 4. The Bertz CT molecular complexity index is 3250. The van der Waals surface area contributed by atoms with E-state index >= 15 is 0 Å². The summed E-state index contributed by atoms with van der Waals surface area (Å²) in [5.41, 5.74) is 16.4. The molecule has 2 heteroatoms. The minimum atomic E-state index is 1.08. The van der Waals surface area contributed by atoms with Crippen LogP contribution < -0.4 is 4.90 Å². The third-order valence-electron chi connectivity index (χ3n) is 11.8. The monoisotopic (exact) mass is 764 g/mol. The zero-order valence-corrected chi connectivity index (χ0v) is 33.0. The number of hydrogen-bond acceptors (Lipinski definition) is 1. The summed E-state index contributed by atoms with van der Waals surface area (Å²) in [5, 5.41) is 4.90. The van der Waals surface area contributed by atoms with Gasteiger partial charge in [0.15, 0.2) is 0 Å². The average Bonchev–Trinajstić information content (AvgIpc) is 3.67. The lowest BCUT2D eigenvalue weighted by molar-refractivity contribution is 1.17. The van der Waals surface area contributed by atoms with Crippen LogP contribution in [0.3, 0.4) is 0 Å². The molecule has 0 aliphatic rings. The molecule has 1 heterocycles. The normalized spacial score (nSPS) is 11.3. The van der Waals surface area contributed by atoms with Crippen LogP contribution in [-0.2, 0) is 0 Å². The van der Waals surface area contributed by atoms with Gasteiger partial charge in [0.1, 0.15) is 0 Å². The predicted molar refractivity (Wildman–Crippen MR) is 255 cm³/mol. The molecule has 11 rings (SSSR count). The molecule has 282 valence electrons. The maximum absolute atomic E-state index is 2.41. The summed E-state index contributed by atoms with van der Waals surface area (Å²) in [6, 6.07) is 87.9. The Balaban J connectivity index is 1.09. The Morgan fingerprint density at radius 1 is 0.300 bits per heavy atom. The molecule has 0 fully saturated rings. The van der Waals surface area contributed by atoms with E-state index in [0.717, 1.165) is 28.3 Å². The van der Waals surface area contributed by atoms with E-state index in [1.807, 2.05) is 0 Å². The van der Waals surface area contributed by atoms with Crippen molar-refractivity contribution in [2.75, 3.05) is 4.90 Å². The van der Waals surface area contributed by atoms with E-state index in [9.17, 15) is 0 Å². The van der Waals surface area contributed by atoms with Gasteiger partial charge in [-0.25, -0.2) is 0 Å². The molecule has 0 unspecified atom stereocenters. The minimum Gasteiger partial charge on any atom is -0.310 e. The molecule has 0 aliphatic heterocycles. The van der Waals surface area contributed by atoms with Gasteiger partial charge in [-0.2, -0.15) is 0 Å². The van der Waals surface area contributed by atoms with E-state index < -0.39 is 0 Å². The van der Waals surface area contributed by atoms with Crippen LogP contribution in [0.2, 0.25) is 0 Å². The van der Waals surface area contributed by atoms with Crippen molar-refractivity contribution in [1.29, 1.82) is 0 Å². The second-order valence-electron chi connectivity index (χ2n) is 15.3. The molecule has 0 saturated heterocycles. The zero-order valence-electron chi connectivity index (χ0n) is 33.0. The molecule has 0 bridgehead atoms. The largest absolute Gasteiger partial charge is 0.310 e. The summed E-state index contributed by atoms with van der Waals surface area (Å²) in [4.78, 5) is 2.41. The molecule has 0 N–H and O–H groups in total. The number of aromatic nitrogens is 1. The van der Waals surface area contributed by atoms with Crippen LogP contribution in [0, 0.1) is 0 Å². The highest BCUT2D eigenvalue weighted by Gasteiger charge is 2.21. The number of hydrogen-bond donors (Lipinski definition) is 0. The van der Waals surface area contributed by atoms with Crippen LogP contribution in [-0.4, -0.2) is 4.57 Å². The summed E-state index contributed by atoms with van der Waals surface area (Å²) in [6.45, 7) is 0. The second-order valence-corrected chi connectivity index (χ2v) is 15.3. The van der Waals surface area contributed by atoms with Crippen LogP contribution in [0.1, 0.15) is 0 Å². The number of benzene rings is 10. The minimum absolute atomic E-state index is 1.08. The number of rotatable bonds is 8. The third-order valence-corrected chi connectivity index (χ3v) is 11.8.